The Labute approximate surface area is 198 Å². The second kappa shape index (κ2) is 10.8. The van der Waals surface area contributed by atoms with Gasteiger partial charge in [-0.1, -0.05) is 54.1 Å². The molecule has 0 saturated carbocycles. The van der Waals surface area contributed by atoms with Gasteiger partial charge in [0.1, 0.15) is 16.5 Å². The van der Waals surface area contributed by atoms with Gasteiger partial charge in [0.15, 0.2) is 0 Å². The van der Waals surface area contributed by atoms with Gasteiger partial charge >= 0.3 is 0 Å². The van der Waals surface area contributed by atoms with Crippen molar-refractivity contribution in [1.82, 2.24) is 9.62 Å². The maximum atomic E-state index is 13.6. The Bertz CT molecular complexity index is 1200. The molecule has 0 radical (unpaired) electrons. The van der Waals surface area contributed by atoms with E-state index in [4.69, 9.17) is 16.3 Å². The van der Waals surface area contributed by atoms with Crippen LogP contribution in [0.3, 0.4) is 0 Å². The highest BCUT2D eigenvalue weighted by atomic mass is 35.5. The highest BCUT2D eigenvalue weighted by Gasteiger charge is 2.30. The highest BCUT2D eigenvalue weighted by molar-refractivity contribution is 7.89. The third-order valence-corrected chi connectivity index (χ3v) is 7.06. The number of benzene rings is 3. The lowest BCUT2D eigenvalue weighted by Gasteiger charge is -2.24. The fraction of sp³-hybridized carbons (Fsp3) is 0.208. The molecule has 0 heterocycles. The first kappa shape index (κ1) is 24.7. The predicted octanol–water partition coefficient (Wildman–Crippen LogP) is 4.56. The van der Waals surface area contributed by atoms with E-state index >= 15 is 0 Å². The van der Waals surface area contributed by atoms with Crippen LogP contribution in [0.4, 0.5) is 4.39 Å². The molecule has 1 N–H and O–H groups in total. The van der Waals surface area contributed by atoms with Gasteiger partial charge in [-0.05, 0) is 48.4 Å². The van der Waals surface area contributed by atoms with Crippen molar-refractivity contribution in [1.29, 1.82) is 0 Å². The van der Waals surface area contributed by atoms with Gasteiger partial charge in [0.05, 0.1) is 19.7 Å². The Morgan fingerprint density at radius 2 is 1.76 bits per heavy atom. The number of methoxy groups -OCH3 is 1. The minimum Gasteiger partial charge on any atom is -0.495 e. The van der Waals surface area contributed by atoms with Gasteiger partial charge in [-0.25, -0.2) is 12.8 Å². The SMILES string of the molecule is COc1ccc(Cl)cc1S(=O)(=O)N(CC(=O)NC(C)c1ccc(F)cc1)Cc1ccccc1. The Hall–Kier alpha value is -2.94. The molecule has 174 valence electrons. The van der Waals surface area contributed by atoms with E-state index < -0.39 is 28.5 Å². The molecule has 1 atom stereocenters. The molecular weight excluding hydrogens is 467 g/mol. The van der Waals surface area contributed by atoms with Crippen LogP contribution in [-0.4, -0.2) is 32.3 Å². The largest absolute Gasteiger partial charge is 0.495 e. The van der Waals surface area contributed by atoms with Gasteiger partial charge in [0, 0.05) is 11.6 Å². The summed E-state index contributed by atoms with van der Waals surface area (Å²) in [7, 11) is -2.79. The summed E-state index contributed by atoms with van der Waals surface area (Å²) in [6, 6.07) is 18.5. The van der Waals surface area contributed by atoms with Gasteiger partial charge in [-0.3, -0.25) is 4.79 Å². The molecule has 0 spiro atoms. The summed E-state index contributed by atoms with van der Waals surface area (Å²) in [6.45, 7) is 1.27. The van der Waals surface area contributed by atoms with E-state index in [1.54, 1.807) is 43.3 Å². The fourth-order valence-corrected chi connectivity index (χ4v) is 5.09. The minimum absolute atomic E-state index is 0.0306. The van der Waals surface area contributed by atoms with Crippen molar-refractivity contribution in [2.45, 2.75) is 24.4 Å². The average Bonchev–Trinajstić information content (AvgIpc) is 2.79. The summed E-state index contributed by atoms with van der Waals surface area (Å²) in [5.41, 5.74) is 1.40. The lowest BCUT2D eigenvalue weighted by molar-refractivity contribution is -0.122. The number of carbonyl (C=O) groups excluding carboxylic acids is 1. The standard InChI is InChI=1S/C24H24ClFN2O4S/c1-17(19-8-11-21(26)12-9-19)27-24(29)16-28(15-18-6-4-3-5-7-18)33(30,31)23-14-20(25)10-13-22(23)32-2/h3-14,17H,15-16H2,1-2H3,(H,27,29). The van der Waals surface area contributed by atoms with E-state index in [0.29, 0.717) is 11.1 Å². The van der Waals surface area contributed by atoms with Gasteiger partial charge in [0.25, 0.3) is 0 Å². The molecule has 0 bridgehead atoms. The number of carbonyl (C=O) groups is 1. The molecule has 0 aliphatic carbocycles. The minimum atomic E-state index is -4.15. The summed E-state index contributed by atoms with van der Waals surface area (Å²) >= 11 is 6.05. The number of ether oxygens (including phenoxy) is 1. The number of rotatable bonds is 9. The smallest absolute Gasteiger partial charge is 0.247 e. The van der Waals surface area contributed by atoms with Crippen LogP contribution in [0.5, 0.6) is 5.75 Å². The van der Waals surface area contributed by atoms with E-state index in [2.05, 4.69) is 5.32 Å². The average molecular weight is 491 g/mol. The van der Waals surface area contributed by atoms with Crippen LogP contribution in [-0.2, 0) is 21.4 Å². The summed E-state index contributed by atoms with van der Waals surface area (Å²) in [5.74, 6) is -0.766. The molecule has 0 aliphatic rings. The molecule has 3 rings (SSSR count). The van der Waals surface area contributed by atoms with Gasteiger partial charge in [0.2, 0.25) is 15.9 Å². The third kappa shape index (κ3) is 6.31. The number of amides is 1. The number of hydrogen-bond acceptors (Lipinski definition) is 4. The van der Waals surface area contributed by atoms with Crippen LogP contribution in [0.25, 0.3) is 0 Å². The first-order chi connectivity index (χ1) is 15.7. The van der Waals surface area contributed by atoms with E-state index in [1.807, 2.05) is 6.07 Å². The zero-order chi connectivity index (χ0) is 24.0. The van der Waals surface area contributed by atoms with Crippen molar-refractivity contribution < 1.29 is 22.3 Å². The number of nitrogens with one attached hydrogen (secondary N) is 1. The Morgan fingerprint density at radius 1 is 1.09 bits per heavy atom. The lowest BCUT2D eigenvalue weighted by Crippen LogP contribution is -2.41. The summed E-state index contributed by atoms with van der Waals surface area (Å²) < 4.78 is 46.6. The van der Waals surface area contributed by atoms with Gasteiger partial charge in [-0.15, -0.1) is 0 Å². The first-order valence-corrected chi connectivity index (χ1v) is 11.9. The molecule has 0 aromatic heterocycles. The van der Waals surface area contributed by atoms with Crippen LogP contribution in [0.15, 0.2) is 77.7 Å². The molecule has 0 fully saturated rings. The third-order valence-electron chi connectivity index (χ3n) is 5.01. The van der Waals surface area contributed by atoms with Crippen LogP contribution >= 0.6 is 11.6 Å². The topological polar surface area (TPSA) is 75.7 Å². The van der Waals surface area contributed by atoms with Gasteiger partial charge < -0.3 is 10.1 Å². The molecular formula is C24H24ClFN2O4S. The second-order valence-corrected chi connectivity index (χ2v) is 9.74. The molecule has 1 unspecified atom stereocenters. The van der Waals surface area contributed by atoms with Crippen LogP contribution < -0.4 is 10.1 Å². The number of nitrogens with zero attached hydrogens (tertiary/aromatic N) is 1. The molecule has 1 amide bonds. The van der Waals surface area contributed by atoms with Crippen molar-refractivity contribution in [3.8, 4) is 5.75 Å². The Balaban J connectivity index is 1.89. The van der Waals surface area contributed by atoms with E-state index in [1.165, 1.54) is 37.4 Å². The summed E-state index contributed by atoms with van der Waals surface area (Å²) in [5, 5.41) is 3.00. The van der Waals surface area contributed by atoms with Crippen molar-refractivity contribution in [3.63, 3.8) is 0 Å². The van der Waals surface area contributed by atoms with E-state index in [9.17, 15) is 17.6 Å². The lowest BCUT2D eigenvalue weighted by atomic mass is 10.1. The zero-order valence-corrected chi connectivity index (χ0v) is 19.7. The molecule has 3 aromatic carbocycles. The van der Waals surface area contributed by atoms with Crippen LogP contribution in [0.1, 0.15) is 24.1 Å². The Kier molecular flexibility index (Phi) is 8.07. The molecule has 3 aromatic rings. The molecule has 0 aliphatic heterocycles. The van der Waals surface area contributed by atoms with Crippen LogP contribution in [0, 0.1) is 5.82 Å². The van der Waals surface area contributed by atoms with Crippen molar-refractivity contribution in [2.24, 2.45) is 0 Å². The zero-order valence-electron chi connectivity index (χ0n) is 18.2. The van der Waals surface area contributed by atoms with Crippen molar-refractivity contribution in [3.05, 3.63) is 94.8 Å². The fourth-order valence-electron chi connectivity index (χ4n) is 3.29. The van der Waals surface area contributed by atoms with Gasteiger partial charge in [-0.2, -0.15) is 4.31 Å². The maximum absolute atomic E-state index is 13.6. The quantitative estimate of drug-likeness (QED) is 0.477. The first-order valence-electron chi connectivity index (χ1n) is 10.1. The van der Waals surface area contributed by atoms with Crippen LogP contribution in [0.2, 0.25) is 5.02 Å². The summed E-state index contributed by atoms with van der Waals surface area (Å²) in [6.07, 6.45) is 0. The monoisotopic (exact) mass is 490 g/mol. The van der Waals surface area contributed by atoms with E-state index in [-0.39, 0.29) is 28.0 Å². The number of halogens is 2. The van der Waals surface area contributed by atoms with E-state index in [0.717, 1.165) is 4.31 Å². The molecule has 9 heteroatoms. The molecule has 6 nitrogen and oxygen atoms in total. The number of hydrogen-bond donors (Lipinski definition) is 1. The highest BCUT2D eigenvalue weighted by Crippen LogP contribution is 2.30. The normalized spacial score (nSPS) is 12.4. The molecule has 0 saturated heterocycles. The second-order valence-electron chi connectivity index (χ2n) is 7.39. The van der Waals surface area contributed by atoms with Crippen molar-refractivity contribution >= 4 is 27.5 Å². The Morgan fingerprint density at radius 3 is 2.39 bits per heavy atom. The molecule has 33 heavy (non-hydrogen) atoms. The van der Waals surface area contributed by atoms with Crippen molar-refractivity contribution in [2.75, 3.05) is 13.7 Å². The maximum Gasteiger partial charge on any atom is 0.247 e. The summed E-state index contributed by atoms with van der Waals surface area (Å²) in [4.78, 5) is 12.7. The number of sulfonamides is 1. The predicted molar refractivity (Wildman–Crippen MR) is 125 cm³/mol.